The normalized spacial score (nSPS) is 10.2. The molecule has 0 fully saturated rings. The molecule has 0 atom stereocenters. The second-order valence-electron chi connectivity index (χ2n) is 7.18. The molecule has 2 aromatic heterocycles. The van der Waals surface area contributed by atoms with Gasteiger partial charge in [0.25, 0.3) is 0 Å². The summed E-state index contributed by atoms with van der Waals surface area (Å²) in [6, 6.07) is 3.58. The van der Waals surface area contributed by atoms with Gasteiger partial charge in [-0.15, -0.1) is 0 Å². The van der Waals surface area contributed by atoms with Crippen molar-refractivity contribution in [2.24, 2.45) is 14.1 Å². The van der Waals surface area contributed by atoms with Gasteiger partial charge >= 0.3 is 0 Å². The maximum absolute atomic E-state index is 11.8. The topological polar surface area (TPSA) is 105 Å². The van der Waals surface area contributed by atoms with Crippen LogP contribution in [0, 0.1) is 6.92 Å². The highest BCUT2D eigenvalue weighted by Crippen LogP contribution is 2.37. The predicted octanol–water partition coefficient (Wildman–Crippen LogP) is 3.86. The summed E-state index contributed by atoms with van der Waals surface area (Å²) in [5, 5.41) is 12.4. The van der Waals surface area contributed by atoms with Crippen LogP contribution in [0.25, 0.3) is 0 Å². The number of hydrogen-bond donors (Lipinski definition) is 3. The zero-order valence-corrected chi connectivity index (χ0v) is 20.9. The van der Waals surface area contributed by atoms with Gasteiger partial charge in [0.1, 0.15) is 0 Å². The number of aliphatic hydroxyl groups excluding tert-OH is 1. The average Bonchev–Trinajstić information content (AvgIpc) is 3.23. The minimum Gasteiger partial charge on any atom is -0.400 e. The van der Waals surface area contributed by atoms with Crippen LogP contribution in [0.5, 0.6) is 0 Å². The van der Waals surface area contributed by atoms with Crippen LogP contribution in [0.2, 0.25) is 0 Å². The van der Waals surface area contributed by atoms with E-state index in [0.29, 0.717) is 24.2 Å². The number of nitrogens with one attached hydrogen (secondary N) is 2. The molecule has 0 saturated carbocycles. The van der Waals surface area contributed by atoms with Crippen molar-refractivity contribution in [1.29, 1.82) is 0 Å². The van der Waals surface area contributed by atoms with Gasteiger partial charge in [-0.1, -0.05) is 21.6 Å². The van der Waals surface area contributed by atoms with E-state index in [9.17, 15) is 14.4 Å². The second-order valence-corrected chi connectivity index (χ2v) is 10.3. The SMILES string of the molecule is CO.CSSC(C)(C)CCC(=O)Nc1cc(C)n(C)c1.Cn1cc(NC=O)cc1C=O. The standard InChI is InChI=1S/C13H22N2OS2.C7H8N2O2.CH4O/c1-10-8-11(9-15(10)4)14-12(16)6-7-13(2,3)18-17-5;1-9-3-6(8-5-11)2-7(9)4-10;1-2/h8-9H,6-7H2,1-5H3,(H,14,16);2-5H,1H3,(H,8,11);2H,1H3. The summed E-state index contributed by atoms with van der Waals surface area (Å²) in [6.07, 6.45) is 8.43. The van der Waals surface area contributed by atoms with Gasteiger partial charge < -0.3 is 24.9 Å². The maximum atomic E-state index is 11.8. The summed E-state index contributed by atoms with van der Waals surface area (Å²) in [4.78, 5) is 32.1. The summed E-state index contributed by atoms with van der Waals surface area (Å²) in [5.41, 5.74) is 3.19. The van der Waals surface area contributed by atoms with Crippen molar-refractivity contribution in [3.63, 3.8) is 0 Å². The van der Waals surface area contributed by atoms with Gasteiger partial charge in [-0.05, 0) is 45.6 Å². The Balaban J connectivity index is 0.000000591. The molecule has 2 amide bonds. The summed E-state index contributed by atoms with van der Waals surface area (Å²) in [5.74, 6) is 0.0929. The van der Waals surface area contributed by atoms with Gasteiger partial charge in [-0.2, -0.15) is 0 Å². The number of aliphatic hydroxyl groups is 1. The fraction of sp³-hybridized carbons (Fsp3) is 0.476. The lowest BCUT2D eigenvalue weighted by atomic mass is 10.1. The van der Waals surface area contributed by atoms with E-state index in [-0.39, 0.29) is 10.7 Å². The number of rotatable bonds is 9. The Kier molecular flexibility index (Phi) is 13.7. The largest absolute Gasteiger partial charge is 0.400 e. The van der Waals surface area contributed by atoms with E-state index >= 15 is 0 Å². The third-order valence-electron chi connectivity index (χ3n) is 4.19. The maximum Gasteiger partial charge on any atom is 0.224 e. The number of aldehydes is 1. The molecule has 0 unspecified atom stereocenters. The van der Waals surface area contributed by atoms with Crippen LogP contribution in [0.3, 0.4) is 0 Å². The van der Waals surface area contributed by atoms with E-state index in [0.717, 1.165) is 31.2 Å². The molecule has 0 aliphatic heterocycles. The molecule has 31 heavy (non-hydrogen) atoms. The van der Waals surface area contributed by atoms with Gasteiger partial charge in [0.05, 0.1) is 17.1 Å². The molecular weight excluding hydrogens is 436 g/mol. The Morgan fingerprint density at radius 3 is 2.19 bits per heavy atom. The van der Waals surface area contributed by atoms with Crippen LogP contribution in [0.1, 0.15) is 42.9 Å². The Labute approximate surface area is 192 Å². The van der Waals surface area contributed by atoms with E-state index in [2.05, 4.69) is 30.7 Å². The molecule has 0 saturated heterocycles. The zero-order valence-electron chi connectivity index (χ0n) is 19.3. The highest BCUT2D eigenvalue weighted by Gasteiger charge is 2.19. The molecular formula is C21H34N4O4S2. The second kappa shape index (κ2) is 14.8. The smallest absolute Gasteiger partial charge is 0.224 e. The van der Waals surface area contributed by atoms with E-state index in [1.807, 2.05) is 41.6 Å². The molecule has 0 bridgehead atoms. The predicted molar refractivity (Wildman–Crippen MR) is 132 cm³/mol. The number of nitrogens with zero attached hydrogens (tertiary/aromatic N) is 2. The average molecular weight is 471 g/mol. The fourth-order valence-corrected chi connectivity index (χ4v) is 4.73. The van der Waals surface area contributed by atoms with Crippen LogP contribution in [-0.2, 0) is 23.7 Å². The first-order valence-electron chi connectivity index (χ1n) is 9.53. The molecule has 2 heterocycles. The minimum absolute atomic E-state index is 0.0929. The summed E-state index contributed by atoms with van der Waals surface area (Å²) < 4.78 is 3.78. The monoisotopic (exact) mass is 470 g/mol. The van der Waals surface area contributed by atoms with Crippen molar-refractivity contribution in [2.75, 3.05) is 24.0 Å². The van der Waals surface area contributed by atoms with Gasteiger partial charge in [0.15, 0.2) is 6.29 Å². The third kappa shape index (κ3) is 11.1. The molecule has 174 valence electrons. The van der Waals surface area contributed by atoms with Gasteiger partial charge in [0.2, 0.25) is 12.3 Å². The minimum atomic E-state index is 0.0929. The summed E-state index contributed by atoms with van der Waals surface area (Å²) in [6.45, 7) is 6.37. The van der Waals surface area contributed by atoms with E-state index in [1.54, 1.807) is 34.7 Å². The quantitative estimate of drug-likeness (QED) is 0.380. The lowest BCUT2D eigenvalue weighted by Gasteiger charge is -2.21. The van der Waals surface area contributed by atoms with Crippen LogP contribution in [-0.4, -0.2) is 51.0 Å². The molecule has 0 aromatic carbocycles. The Morgan fingerprint density at radius 1 is 1.13 bits per heavy atom. The first-order valence-corrected chi connectivity index (χ1v) is 12.1. The molecule has 8 nitrogen and oxygen atoms in total. The van der Waals surface area contributed by atoms with E-state index < -0.39 is 0 Å². The number of hydrogen-bond acceptors (Lipinski definition) is 6. The number of aromatic nitrogens is 2. The number of anilines is 2. The number of aryl methyl sites for hydroxylation is 3. The molecule has 2 rings (SSSR count). The Bertz CT molecular complexity index is 812. The van der Waals surface area contributed by atoms with Gasteiger partial charge in [0, 0.05) is 50.5 Å². The number of carbonyl (C=O) groups is 3. The van der Waals surface area contributed by atoms with Crippen molar-refractivity contribution in [3.05, 3.63) is 35.9 Å². The van der Waals surface area contributed by atoms with Crippen LogP contribution >= 0.6 is 21.6 Å². The summed E-state index contributed by atoms with van der Waals surface area (Å²) >= 11 is 0. The van der Waals surface area contributed by atoms with E-state index in [1.165, 1.54) is 0 Å². The van der Waals surface area contributed by atoms with Gasteiger partial charge in [-0.3, -0.25) is 14.4 Å². The van der Waals surface area contributed by atoms with Crippen molar-refractivity contribution < 1.29 is 19.5 Å². The van der Waals surface area contributed by atoms with Crippen LogP contribution < -0.4 is 10.6 Å². The molecule has 0 aliphatic rings. The molecule has 0 aliphatic carbocycles. The zero-order chi connectivity index (χ0) is 24.0. The lowest BCUT2D eigenvalue weighted by Crippen LogP contribution is -2.19. The highest BCUT2D eigenvalue weighted by atomic mass is 33.1. The Morgan fingerprint density at radius 2 is 1.74 bits per heavy atom. The third-order valence-corrected chi connectivity index (χ3v) is 6.87. The first kappa shape index (κ1) is 28.8. The fourth-order valence-electron chi connectivity index (χ4n) is 2.49. The van der Waals surface area contributed by atoms with Crippen molar-refractivity contribution in [3.8, 4) is 0 Å². The van der Waals surface area contributed by atoms with Crippen LogP contribution in [0.4, 0.5) is 11.4 Å². The molecule has 0 spiro atoms. The molecule has 3 N–H and O–H groups in total. The molecule has 2 aromatic rings. The highest BCUT2D eigenvalue weighted by molar-refractivity contribution is 8.76. The number of amides is 2. The molecule has 10 heteroatoms. The van der Waals surface area contributed by atoms with Crippen molar-refractivity contribution in [2.45, 2.75) is 38.4 Å². The first-order chi connectivity index (χ1) is 14.6. The number of carbonyl (C=O) groups excluding carboxylic acids is 3. The van der Waals surface area contributed by atoms with Crippen molar-refractivity contribution >= 4 is 51.6 Å². The Hall–Kier alpha value is -2.17. The lowest BCUT2D eigenvalue weighted by molar-refractivity contribution is -0.116. The van der Waals surface area contributed by atoms with Gasteiger partial charge in [-0.25, -0.2) is 0 Å². The van der Waals surface area contributed by atoms with Crippen molar-refractivity contribution in [1.82, 2.24) is 9.13 Å². The summed E-state index contributed by atoms with van der Waals surface area (Å²) in [7, 11) is 8.28. The van der Waals surface area contributed by atoms with E-state index in [4.69, 9.17) is 5.11 Å². The van der Waals surface area contributed by atoms with Crippen LogP contribution in [0.15, 0.2) is 24.5 Å². The molecule has 0 radical (unpaired) electrons.